The normalized spacial score (nSPS) is 20.1. The first-order valence-electron chi connectivity index (χ1n) is 6.64. The van der Waals surface area contributed by atoms with Crippen molar-refractivity contribution in [2.24, 2.45) is 5.92 Å². The highest BCUT2D eigenvalue weighted by Gasteiger charge is 2.13. The summed E-state index contributed by atoms with van der Waals surface area (Å²) < 4.78 is 0. The molecule has 15 heavy (non-hydrogen) atoms. The van der Waals surface area contributed by atoms with Gasteiger partial charge in [0.1, 0.15) is 0 Å². The Kier molecular flexibility index (Phi) is 6.74. The zero-order valence-corrected chi connectivity index (χ0v) is 10.1. The second-order valence-electron chi connectivity index (χ2n) is 4.88. The average Bonchev–Trinajstić information content (AvgIpc) is 2.70. The Morgan fingerprint density at radius 2 is 1.93 bits per heavy atom. The van der Waals surface area contributed by atoms with Crippen LogP contribution in [-0.2, 0) is 0 Å². The zero-order chi connectivity index (χ0) is 10.9. The van der Waals surface area contributed by atoms with Crippen LogP contribution in [0.2, 0.25) is 0 Å². The molecule has 0 spiro atoms. The van der Waals surface area contributed by atoms with Crippen LogP contribution in [0.5, 0.6) is 0 Å². The van der Waals surface area contributed by atoms with E-state index in [0.717, 1.165) is 12.3 Å². The van der Waals surface area contributed by atoms with Crippen LogP contribution >= 0.6 is 0 Å². The minimum Gasteiger partial charge on any atom is -0.389 e. The van der Waals surface area contributed by atoms with Gasteiger partial charge in [0.15, 0.2) is 0 Å². The van der Waals surface area contributed by atoms with E-state index in [1.165, 1.54) is 51.4 Å². The maximum atomic E-state index is 9.47. The Morgan fingerprint density at radius 1 is 1.20 bits per heavy atom. The van der Waals surface area contributed by atoms with Gasteiger partial charge in [-0.3, -0.25) is 0 Å². The standard InChI is InChI=1S/C14H26O/c1-2-8-14(15)12-5-3-4-9-13-10-6-7-11-13/h2,8,13-15H,3-7,9-12H2,1H3/t14-/m1/s1. The number of aliphatic hydroxyl groups excluding tert-OH is 1. The molecule has 0 aromatic carbocycles. The summed E-state index contributed by atoms with van der Waals surface area (Å²) in [5.41, 5.74) is 0. The Hall–Kier alpha value is -0.300. The van der Waals surface area contributed by atoms with E-state index < -0.39 is 0 Å². The van der Waals surface area contributed by atoms with Crippen LogP contribution in [0.1, 0.15) is 64.7 Å². The Balaban J connectivity index is 1.88. The highest BCUT2D eigenvalue weighted by atomic mass is 16.3. The Morgan fingerprint density at radius 3 is 2.60 bits per heavy atom. The molecule has 0 saturated heterocycles. The second kappa shape index (κ2) is 7.92. The topological polar surface area (TPSA) is 20.2 Å². The van der Waals surface area contributed by atoms with Crippen LogP contribution in [-0.4, -0.2) is 11.2 Å². The van der Waals surface area contributed by atoms with Crippen LogP contribution in [0.3, 0.4) is 0 Å². The first-order valence-corrected chi connectivity index (χ1v) is 6.64. The van der Waals surface area contributed by atoms with Crippen molar-refractivity contribution in [3.05, 3.63) is 12.2 Å². The van der Waals surface area contributed by atoms with Crippen molar-refractivity contribution >= 4 is 0 Å². The predicted octanol–water partition coefficient (Wildman–Crippen LogP) is 4.06. The summed E-state index contributed by atoms with van der Waals surface area (Å²) in [5.74, 6) is 1.03. The molecule has 0 aromatic rings. The fourth-order valence-electron chi connectivity index (χ4n) is 2.58. The molecule has 0 heterocycles. The average molecular weight is 210 g/mol. The molecule has 1 N–H and O–H groups in total. The van der Waals surface area contributed by atoms with Crippen molar-refractivity contribution in [3.63, 3.8) is 0 Å². The molecule has 88 valence electrons. The maximum Gasteiger partial charge on any atom is 0.0720 e. The van der Waals surface area contributed by atoms with Crippen molar-refractivity contribution < 1.29 is 5.11 Å². The van der Waals surface area contributed by atoms with E-state index in [1.807, 2.05) is 19.1 Å². The number of rotatable bonds is 7. The van der Waals surface area contributed by atoms with Gasteiger partial charge < -0.3 is 5.11 Å². The largest absolute Gasteiger partial charge is 0.389 e. The number of unbranched alkanes of at least 4 members (excludes halogenated alkanes) is 2. The van der Waals surface area contributed by atoms with Crippen LogP contribution in [0.4, 0.5) is 0 Å². The number of hydrogen-bond acceptors (Lipinski definition) is 1. The van der Waals surface area contributed by atoms with Gasteiger partial charge in [0.05, 0.1) is 6.10 Å². The summed E-state index contributed by atoms with van der Waals surface area (Å²) in [6, 6.07) is 0. The molecule has 1 nitrogen and oxygen atoms in total. The molecule has 1 saturated carbocycles. The smallest absolute Gasteiger partial charge is 0.0720 e. The second-order valence-corrected chi connectivity index (χ2v) is 4.88. The maximum absolute atomic E-state index is 9.47. The zero-order valence-electron chi connectivity index (χ0n) is 10.1. The van der Waals surface area contributed by atoms with Gasteiger partial charge in [0, 0.05) is 0 Å². The molecule has 0 amide bonds. The third kappa shape index (κ3) is 5.99. The molecule has 1 fully saturated rings. The van der Waals surface area contributed by atoms with E-state index in [2.05, 4.69) is 0 Å². The van der Waals surface area contributed by atoms with Gasteiger partial charge >= 0.3 is 0 Å². The fourth-order valence-corrected chi connectivity index (χ4v) is 2.58. The lowest BCUT2D eigenvalue weighted by atomic mass is 9.99. The van der Waals surface area contributed by atoms with Crippen molar-refractivity contribution in [1.82, 2.24) is 0 Å². The molecule has 1 rings (SSSR count). The lowest BCUT2D eigenvalue weighted by Gasteiger charge is -2.08. The number of allylic oxidation sites excluding steroid dienone is 1. The van der Waals surface area contributed by atoms with E-state index in [4.69, 9.17) is 0 Å². The van der Waals surface area contributed by atoms with Crippen LogP contribution in [0, 0.1) is 5.92 Å². The molecular formula is C14H26O. The monoisotopic (exact) mass is 210 g/mol. The molecule has 0 bridgehead atoms. The van der Waals surface area contributed by atoms with Gasteiger partial charge in [0.2, 0.25) is 0 Å². The molecule has 1 aliphatic carbocycles. The molecule has 1 aliphatic rings. The van der Waals surface area contributed by atoms with Gasteiger partial charge in [-0.25, -0.2) is 0 Å². The molecule has 0 aromatic heterocycles. The Labute approximate surface area is 94.6 Å². The van der Waals surface area contributed by atoms with E-state index in [1.54, 1.807) is 0 Å². The number of aliphatic hydroxyl groups is 1. The third-order valence-corrected chi connectivity index (χ3v) is 3.50. The van der Waals surface area contributed by atoms with Gasteiger partial charge in [-0.05, 0) is 19.3 Å². The van der Waals surface area contributed by atoms with Crippen molar-refractivity contribution in [2.75, 3.05) is 0 Å². The van der Waals surface area contributed by atoms with Crippen molar-refractivity contribution in [2.45, 2.75) is 70.8 Å². The molecule has 0 unspecified atom stereocenters. The highest BCUT2D eigenvalue weighted by Crippen LogP contribution is 2.29. The lowest BCUT2D eigenvalue weighted by molar-refractivity contribution is 0.207. The molecule has 0 radical (unpaired) electrons. The predicted molar refractivity (Wildman–Crippen MR) is 65.9 cm³/mol. The van der Waals surface area contributed by atoms with Crippen molar-refractivity contribution in [3.8, 4) is 0 Å². The van der Waals surface area contributed by atoms with Gasteiger partial charge in [-0.15, -0.1) is 0 Å². The fraction of sp³-hybridized carbons (Fsp3) is 0.857. The van der Waals surface area contributed by atoms with E-state index in [0.29, 0.717) is 0 Å². The first kappa shape index (κ1) is 12.8. The van der Waals surface area contributed by atoms with Gasteiger partial charge in [0.25, 0.3) is 0 Å². The third-order valence-electron chi connectivity index (χ3n) is 3.50. The lowest BCUT2D eigenvalue weighted by Crippen LogP contribution is -2.01. The van der Waals surface area contributed by atoms with Crippen molar-refractivity contribution in [1.29, 1.82) is 0 Å². The van der Waals surface area contributed by atoms with Crippen LogP contribution in [0.25, 0.3) is 0 Å². The number of hydrogen-bond donors (Lipinski definition) is 1. The summed E-state index contributed by atoms with van der Waals surface area (Å²) in [6.45, 7) is 1.96. The van der Waals surface area contributed by atoms with E-state index in [9.17, 15) is 5.11 Å². The van der Waals surface area contributed by atoms with E-state index >= 15 is 0 Å². The molecule has 0 aliphatic heterocycles. The Bertz CT molecular complexity index is 168. The minimum absolute atomic E-state index is 0.207. The van der Waals surface area contributed by atoms with Gasteiger partial charge in [-0.2, -0.15) is 0 Å². The SMILES string of the molecule is CC=C[C@@H](O)CCCCCC1CCCC1. The van der Waals surface area contributed by atoms with Crippen LogP contribution < -0.4 is 0 Å². The quantitative estimate of drug-likeness (QED) is 0.496. The highest BCUT2D eigenvalue weighted by molar-refractivity contribution is 4.84. The van der Waals surface area contributed by atoms with E-state index in [-0.39, 0.29) is 6.10 Å². The molecular weight excluding hydrogens is 184 g/mol. The summed E-state index contributed by atoms with van der Waals surface area (Å²) >= 11 is 0. The summed E-state index contributed by atoms with van der Waals surface area (Å²) in [5, 5.41) is 9.47. The van der Waals surface area contributed by atoms with Gasteiger partial charge in [-0.1, -0.05) is 63.5 Å². The summed E-state index contributed by atoms with van der Waals surface area (Å²) in [6.07, 6.45) is 15.7. The first-order chi connectivity index (χ1) is 7.33. The van der Waals surface area contributed by atoms with Crippen LogP contribution in [0.15, 0.2) is 12.2 Å². The molecule has 1 heteroatoms. The molecule has 1 atom stereocenters. The summed E-state index contributed by atoms with van der Waals surface area (Å²) in [4.78, 5) is 0. The summed E-state index contributed by atoms with van der Waals surface area (Å²) in [7, 11) is 0. The minimum atomic E-state index is -0.207.